The van der Waals surface area contributed by atoms with Crippen LogP contribution in [-0.4, -0.2) is 18.6 Å². The van der Waals surface area contributed by atoms with Crippen LogP contribution in [0.4, 0.5) is 23.7 Å². The number of nitrogens with one attached hydrogen (secondary N) is 2. The van der Waals surface area contributed by atoms with E-state index in [2.05, 4.69) is 10.6 Å². The first-order valence-corrected chi connectivity index (χ1v) is 5.81. The third kappa shape index (κ3) is 4.78. The van der Waals surface area contributed by atoms with Gasteiger partial charge in [-0.2, -0.15) is 13.2 Å². The van der Waals surface area contributed by atoms with Crippen molar-refractivity contribution >= 4 is 11.7 Å². The highest BCUT2D eigenvalue weighted by Gasteiger charge is 2.33. The minimum Gasteiger partial charge on any atom is -0.336 e. The molecule has 0 fully saturated rings. The van der Waals surface area contributed by atoms with Gasteiger partial charge in [0.2, 0.25) is 0 Å². The molecule has 0 aliphatic heterocycles. The lowest BCUT2D eigenvalue weighted by Gasteiger charge is -2.15. The van der Waals surface area contributed by atoms with E-state index >= 15 is 0 Å². The molecular weight excluding hydrogens is 259 g/mol. The third-order valence-corrected chi connectivity index (χ3v) is 2.53. The zero-order valence-corrected chi connectivity index (χ0v) is 10.4. The maximum absolute atomic E-state index is 12.7. The number of halogens is 3. The van der Waals surface area contributed by atoms with Gasteiger partial charge in [-0.25, -0.2) is 4.79 Å². The summed E-state index contributed by atoms with van der Waals surface area (Å²) < 4.78 is 38.0. The molecule has 2 amide bonds. The fourth-order valence-electron chi connectivity index (χ4n) is 1.37. The zero-order valence-electron chi connectivity index (χ0n) is 10.4. The fourth-order valence-corrected chi connectivity index (χ4v) is 1.37. The number of hydrogen-bond donors (Lipinski definition) is 3. The van der Waals surface area contributed by atoms with Crippen molar-refractivity contribution in [1.82, 2.24) is 5.32 Å². The smallest absolute Gasteiger partial charge is 0.336 e. The summed E-state index contributed by atoms with van der Waals surface area (Å²) in [4.78, 5) is 11.5. The van der Waals surface area contributed by atoms with E-state index in [0.29, 0.717) is 6.42 Å². The Balaban J connectivity index is 2.70. The molecule has 0 heterocycles. The molecule has 1 aromatic rings. The number of urea groups is 1. The topological polar surface area (TPSA) is 67.1 Å². The van der Waals surface area contributed by atoms with E-state index in [9.17, 15) is 18.0 Å². The predicted octanol–water partition coefficient (Wildman–Crippen LogP) is 2.56. The molecule has 19 heavy (non-hydrogen) atoms. The molecule has 7 heteroatoms. The van der Waals surface area contributed by atoms with Crippen LogP contribution in [0.15, 0.2) is 24.3 Å². The van der Waals surface area contributed by atoms with E-state index < -0.39 is 17.8 Å². The first kappa shape index (κ1) is 15.3. The van der Waals surface area contributed by atoms with Gasteiger partial charge in [-0.1, -0.05) is 19.1 Å². The fraction of sp³-hybridized carbons (Fsp3) is 0.417. The minimum atomic E-state index is -4.51. The Bertz CT molecular complexity index is 434. The molecule has 0 radical (unpaired) electrons. The van der Waals surface area contributed by atoms with E-state index in [1.54, 1.807) is 0 Å². The molecule has 0 aliphatic rings. The Morgan fingerprint density at radius 1 is 1.37 bits per heavy atom. The number of amides is 2. The van der Waals surface area contributed by atoms with Gasteiger partial charge in [0.05, 0.1) is 11.3 Å². The van der Waals surface area contributed by atoms with E-state index in [1.807, 2.05) is 6.92 Å². The Labute approximate surface area is 109 Å². The van der Waals surface area contributed by atoms with Crippen molar-refractivity contribution < 1.29 is 18.0 Å². The van der Waals surface area contributed by atoms with Crippen molar-refractivity contribution in [1.29, 1.82) is 0 Å². The summed E-state index contributed by atoms with van der Waals surface area (Å²) in [7, 11) is 0. The van der Waals surface area contributed by atoms with Crippen molar-refractivity contribution in [3.63, 3.8) is 0 Å². The lowest BCUT2D eigenvalue weighted by molar-refractivity contribution is -0.136. The average molecular weight is 275 g/mol. The molecule has 106 valence electrons. The number of carbonyl (C=O) groups is 1. The number of alkyl halides is 3. The molecule has 0 aliphatic carbocycles. The molecular formula is C12H16F3N3O. The largest absolute Gasteiger partial charge is 0.418 e. The van der Waals surface area contributed by atoms with Gasteiger partial charge in [-0.15, -0.1) is 0 Å². The van der Waals surface area contributed by atoms with Crippen LogP contribution in [-0.2, 0) is 6.18 Å². The van der Waals surface area contributed by atoms with Crippen LogP contribution in [0.5, 0.6) is 0 Å². The van der Waals surface area contributed by atoms with Crippen LogP contribution in [0.1, 0.15) is 18.9 Å². The zero-order chi connectivity index (χ0) is 14.5. The monoisotopic (exact) mass is 275 g/mol. The van der Waals surface area contributed by atoms with Crippen LogP contribution in [0.3, 0.4) is 0 Å². The van der Waals surface area contributed by atoms with E-state index in [1.165, 1.54) is 18.2 Å². The number of hydrogen-bond acceptors (Lipinski definition) is 2. The second-order valence-electron chi connectivity index (χ2n) is 4.05. The summed E-state index contributed by atoms with van der Waals surface area (Å²) in [5, 5.41) is 4.59. The summed E-state index contributed by atoms with van der Waals surface area (Å²) >= 11 is 0. The first-order chi connectivity index (χ1) is 8.84. The quantitative estimate of drug-likeness (QED) is 0.790. The van der Waals surface area contributed by atoms with Gasteiger partial charge in [0.25, 0.3) is 0 Å². The van der Waals surface area contributed by atoms with Crippen molar-refractivity contribution in [3.8, 4) is 0 Å². The molecule has 1 atom stereocenters. The van der Waals surface area contributed by atoms with Gasteiger partial charge >= 0.3 is 12.2 Å². The molecule has 0 saturated carbocycles. The number of nitrogens with two attached hydrogens (primary N) is 1. The van der Waals surface area contributed by atoms with Crippen molar-refractivity contribution in [2.24, 2.45) is 5.73 Å². The Kier molecular flexibility index (Phi) is 5.17. The standard InChI is InChI=1S/C12H16F3N3O/c1-2-8(16)7-17-11(19)18-10-6-4-3-5-9(10)12(13,14)15/h3-6,8H,2,7,16H2,1H3,(H2,17,18,19). The van der Waals surface area contributed by atoms with E-state index in [4.69, 9.17) is 5.73 Å². The Morgan fingerprint density at radius 3 is 2.58 bits per heavy atom. The van der Waals surface area contributed by atoms with Gasteiger partial charge in [0, 0.05) is 12.6 Å². The number of anilines is 1. The summed E-state index contributed by atoms with van der Waals surface area (Å²) in [6.45, 7) is 2.06. The van der Waals surface area contributed by atoms with Gasteiger partial charge in [0.15, 0.2) is 0 Å². The van der Waals surface area contributed by atoms with Crippen molar-refractivity contribution in [2.75, 3.05) is 11.9 Å². The summed E-state index contributed by atoms with van der Waals surface area (Å²) in [5.41, 5.74) is 4.43. The van der Waals surface area contributed by atoms with Crippen LogP contribution in [0.2, 0.25) is 0 Å². The maximum Gasteiger partial charge on any atom is 0.418 e. The SMILES string of the molecule is CCC(N)CNC(=O)Nc1ccccc1C(F)(F)F. The molecule has 1 unspecified atom stereocenters. The van der Waals surface area contributed by atoms with Gasteiger partial charge < -0.3 is 16.4 Å². The molecule has 1 aromatic carbocycles. The predicted molar refractivity (Wildman–Crippen MR) is 66.7 cm³/mol. The normalized spacial score (nSPS) is 12.9. The van der Waals surface area contributed by atoms with Crippen molar-refractivity contribution in [2.45, 2.75) is 25.6 Å². The van der Waals surface area contributed by atoms with E-state index in [-0.39, 0.29) is 18.3 Å². The highest BCUT2D eigenvalue weighted by Crippen LogP contribution is 2.34. The molecule has 0 saturated heterocycles. The number of para-hydroxylation sites is 1. The van der Waals surface area contributed by atoms with E-state index in [0.717, 1.165) is 6.07 Å². The molecule has 0 bridgehead atoms. The molecule has 1 rings (SSSR count). The number of rotatable bonds is 4. The van der Waals surface area contributed by atoms with Crippen LogP contribution < -0.4 is 16.4 Å². The lowest BCUT2D eigenvalue weighted by atomic mass is 10.1. The number of carbonyl (C=O) groups excluding carboxylic acids is 1. The van der Waals surface area contributed by atoms with Crippen LogP contribution in [0.25, 0.3) is 0 Å². The molecule has 0 aromatic heterocycles. The highest BCUT2D eigenvalue weighted by molar-refractivity contribution is 5.90. The molecule has 4 N–H and O–H groups in total. The Morgan fingerprint density at radius 2 is 2.00 bits per heavy atom. The second kappa shape index (κ2) is 6.42. The molecule has 4 nitrogen and oxygen atoms in total. The Hall–Kier alpha value is -1.76. The van der Waals surface area contributed by atoms with Gasteiger partial charge in [-0.3, -0.25) is 0 Å². The number of benzene rings is 1. The lowest BCUT2D eigenvalue weighted by Crippen LogP contribution is -2.39. The highest BCUT2D eigenvalue weighted by atomic mass is 19.4. The third-order valence-electron chi connectivity index (χ3n) is 2.53. The second-order valence-corrected chi connectivity index (χ2v) is 4.05. The van der Waals surface area contributed by atoms with Gasteiger partial charge in [0.1, 0.15) is 0 Å². The summed E-state index contributed by atoms with van der Waals surface area (Å²) in [6, 6.07) is 3.86. The summed E-state index contributed by atoms with van der Waals surface area (Å²) in [6.07, 6.45) is -3.84. The van der Waals surface area contributed by atoms with Gasteiger partial charge in [-0.05, 0) is 18.6 Å². The first-order valence-electron chi connectivity index (χ1n) is 5.81. The maximum atomic E-state index is 12.7. The minimum absolute atomic E-state index is 0.205. The van der Waals surface area contributed by atoms with Crippen molar-refractivity contribution in [3.05, 3.63) is 29.8 Å². The average Bonchev–Trinajstić information content (AvgIpc) is 2.35. The molecule has 0 spiro atoms. The van der Waals surface area contributed by atoms with Crippen LogP contribution >= 0.6 is 0 Å². The van der Waals surface area contributed by atoms with Crippen LogP contribution in [0, 0.1) is 0 Å². The summed E-state index contributed by atoms with van der Waals surface area (Å²) in [5.74, 6) is 0.